The van der Waals surface area contributed by atoms with E-state index in [1.54, 1.807) is 42.5 Å². The molecule has 0 aliphatic carbocycles. The highest BCUT2D eigenvalue weighted by Gasteiger charge is 2.39. The van der Waals surface area contributed by atoms with E-state index in [2.05, 4.69) is 31.6 Å². The van der Waals surface area contributed by atoms with Crippen LogP contribution in [0.4, 0.5) is 0 Å². The molecule has 6 amide bonds. The second-order valence-corrected chi connectivity index (χ2v) is 12.4. The van der Waals surface area contributed by atoms with Crippen LogP contribution in [0.25, 0.3) is 6.08 Å². The van der Waals surface area contributed by atoms with Gasteiger partial charge < -0.3 is 48.1 Å². The number of hydrogen-bond donors (Lipinski definition) is 8. The molecule has 1 fully saturated rings. The molecule has 0 unspecified atom stereocenters. The number of carbonyl (C=O) groups excluding carboxylic acids is 7. The van der Waals surface area contributed by atoms with Crippen molar-refractivity contribution in [2.24, 2.45) is 16.5 Å². The fraction of sp³-hybridized carbons (Fsp3) is 0.333. The number of Topliss-reactive ketones (excluding diaryl/α,β-unsaturated/α-hetero) is 1. The maximum atomic E-state index is 13.9. The first-order valence-corrected chi connectivity index (χ1v) is 17.0. The number of phenols is 1. The monoisotopic (exact) mass is 729 g/mol. The summed E-state index contributed by atoms with van der Waals surface area (Å²) in [5, 5.41) is 22.5. The average molecular weight is 730 g/mol. The van der Waals surface area contributed by atoms with E-state index < -0.39 is 59.5 Å². The number of benzene rings is 2. The van der Waals surface area contributed by atoms with Crippen molar-refractivity contribution in [2.75, 3.05) is 19.6 Å². The number of fused-ring (bicyclic) bond motifs is 1. The molecule has 2 aliphatic heterocycles. The number of ketones is 1. The van der Waals surface area contributed by atoms with Crippen LogP contribution in [-0.4, -0.2) is 101 Å². The summed E-state index contributed by atoms with van der Waals surface area (Å²) >= 11 is 0. The number of amides is 6. The molecule has 10 N–H and O–H groups in total. The SMILES string of the molecule is NC(N)=NCCC[C@@H]1NC(=O)[C@@H]2CCCN2C(=O)[C@@H](NC=O)CNC(=O)/C=C/C(=Cc2ccc(O)cc2)NC(=O)[C@@H](Cc2ccccc2)NC(=O)C1=O. The second-order valence-electron chi connectivity index (χ2n) is 12.4. The van der Waals surface area contributed by atoms with Crippen molar-refractivity contribution in [2.45, 2.75) is 56.3 Å². The maximum absolute atomic E-state index is 13.9. The lowest BCUT2D eigenvalue weighted by molar-refractivity contribution is -0.143. The fourth-order valence-electron chi connectivity index (χ4n) is 5.82. The molecule has 2 aromatic carbocycles. The van der Waals surface area contributed by atoms with Crippen LogP contribution in [0.15, 0.2) is 77.4 Å². The first-order chi connectivity index (χ1) is 25.4. The van der Waals surface area contributed by atoms with Gasteiger partial charge >= 0.3 is 0 Å². The van der Waals surface area contributed by atoms with Gasteiger partial charge in [0.1, 0.15) is 23.9 Å². The molecule has 2 aromatic rings. The zero-order valence-electron chi connectivity index (χ0n) is 28.8. The van der Waals surface area contributed by atoms with Gasteiger partial charge in [0.05, 0.1) is 6.04 Å². The van der Waals surface area contributed by atoms with Gasteiger partial charge in [0.15, 0.2) is 5.96 Å². The lowest BCUT2D eigenvalue weighted by Crippen LogP contribution is -2.58. The van der Waals surface area contributed by atoms with Crippen LogP contribution in [-0.2, 0) is 40.0 Å². The minimum absolute atomic E-state index is 0.000868. The molecule has 53 heavy (non-hydrogen) atoms. The lowest BCUT2D eigenvalue weighted by Gasteiger charge is -2.29. The minimum atomic E-state index is -1.38. The standard InChI is InChI=1S/C36H43N9O8/c37-36(38)39-16-4-8-26-31(49)34(52)44-27(19-22-6-2-1-3-7-22)32(50)42-24(18-23-10-13-25(47)14-11-23)12-15-30(48)40-20-28(41-21-46)35(53)45-17-5-9-29(45)33(51)43-26/h1-3,6-7,10-15,18,21,26-29,47H,4-5,8-9,16-17,19-20H2,(H,40,48)(H,41,46)(H,42,50)(H,43,51)(H,44,52)(H4,37,38,39)/b15-12+,24-18?/t26-,27+,28-,29-/m0/s1. The summed E-state index contributed by atoms with van der Waals surface area (Å²) in [6.45, 7) is -0.0880. The molecule has 17 nitrogen and oxygen atoms in total. The van der Waals surface area contributed by atoms with E-state index in [1.165, 1.54) is 29.2 Å². The second kappa shape index (κ2) is 19.2. The van der Waals surface area contributed by atoms with Crippen molar-refractivity contribution in [3.05, 3.63) is 83.6 Å². The highest BCUT2D eigenvalue weighted by Crippen LogP contribution is 2.20. The Bertz CT molecular complexity index is 1760. The molecule has 0 radical (unpaired) electrons. The summed E-state index contributed by atoms with van der Waals surface area (Å²) in [7, 11) is 0. The van der Waals surface area contributed by atoms with Crippen molar-refractivity contribution in [1.82, 2.24) is 31.5 Å². The number of phenolic OH excluding ortho intramolecular Hbond substituents is 1. The zero-order chi connectivity index (χ0) is 38.3. The van der Waals surface area contributed by atoms with Crippen LogP contribution >= 0.6 is 0 Å². The normalized spacial score (nSPS) is 23.2. The molecule has 280 valence electrons. The smallest absolute Gasteiger partial charge is 0.290 e. The average Bonchev–Trinajstić information content (AvgIpc) is 3.64. The Morgan fingerprint density at radius 2 is 1.68 bits per heavy atom. The van der Waals surface area contributed by atoms with Crippen LogP contribution in [0.1, 0.15) is 36.8 Å². The molecule has 4 atom stereocenters. The molecule has 2 aliphatic rings. The van der Waals surface area contributed by atoms with Gasteiger partial charge in [0.25, 0.3) is 5.91 Å². The summed E-state index contributed by atoms with van der Waals surface area (Å²) in [6.07, 6.45) is 4.95. The number of aliphatic imine (C=N–C) groups is 1. The molecule has 0 bridgehead atoms. The Kier molecular flexibility index (Phi) is 14.2. The predicted molar refractivity (Wildman–Crippen MR) is 193 cm³/mol. The van der Waals surface area contributed by atoms with E-state index in [4.69, 9.17) is 11.5 Å². The summed E-state index contributed by atoms with van der Waals surface area (Å²) in [4.78, 5) is 98.1. The lowest BCUT2D eigenvalue weighted by atomic mass is 10.0. The van der Waals surface area contributed by atoms with Crippen molar-refractivity contribution in [3.8, 4) is 5.75 Å². The first-order valence-electron chi connectivity index (χ1n) is 17.0. The molecule has 0 spiro atoms. The summed E-state index contributed by atoms with van der Waals surface area (Å²) in [5.74, 6) is -5.15. The van der Waals surface area contributed by atoms with E-state index in [0.29, 0.717) is 24.0 Å². The zero-order valence-corrected chi connectivity index (χ0v) is 28.8. The van der Waals surface area contributed by atoms with E-state index in [0.717, 1.165) is 6.08 Å². The molecule has 0 saturated carbocycles. The van der Waals surface area contributed by atoms with Crippen molar-refractivity contribution in [1.29, 1.82) is 0 Å². The number of nitrogens with one attached hydrogen (secondary N) is 5. The third-order valence-corrected chi connectivity index (χ3v) is 8.49. The Hall–Kier alpha value is -6.52. The molecular weight excluding hydrogens is 686 g/mol. The van der Waals surface area contributed by atoms with Gasteiger partial charge in [-0.15, -0.1) is 0 Å². The van der Waals surface area contributed by atoms with E-state index in [-0.39, 0.29) is 62.7 Å². The van der Waals surface area contributed by atoms with Gasteiger partial charge in [0.2, 0.25) is 35.8 Å². The number of nitrogens with zero attached hydrogens (tertiary/aromatic N) is 2. The van der Waals surface area contributed by atoms with Crippen LogP contribution in [0, 0.1) is 0 Å². The predicted octanol–water partition coefficient (Wildman–Crippen LogP) is -1.52. The Morgan fingerprint density at radius 1 is 0.943 bits per heavy atom. The van der Waals surface area contributed by atoms with Crippen molar-refractivity contribution < 1.29 is 38.7 Å². The number of hydrogen-bond acceptors (Lipinski definition) is 9. The van der Waals surface area contributed by atoms with Gasteiger partial charge in [0, 0.05) is 37.8 Å². The summed E-state index contributed by atoms with van der Waals surface area (Å²) < 4.78 is 0. The maximum Gasteiger partial charge on any atom is 0.290 e. The molecule has 4 rings (SSSR count). The largest absolute Gasteiger partial charge is 0.508 e. The highest BCUT2D eigenvalue weighted by atomic mass is 16.3. The van der Waals surface area contributed by atoms with Gasteiger partial charge in [-0.3, -0.25) is 38.6 Å². The molecule has 1 saturated heterocycles. The fourth-order valence-corrected chi connectivity index (χ4v) is 5.82. The molecule has 0 aromatic heterocycles. The van der Waals surface area contributed by atoms with Gasteiger partial charge in [-0.1, -0.05) is 42.5 Å². The number of nitrogens with two attached hydrogens (primary N) is 2. The van der Waals surface area contributed by atoms with Gasteiger partial charge in [-0.25, -0.2) is 0 Å². The van der Waals surface area contributed by atoms with E-state index in [1.807, 2.05) is 0 Å². The highest BCUT2D eigenvalue weighted by molar-refractivity contribution is 6.38. The van der Waals surface area contributed by atoms with Crippen molar-refractivity contribution in [3.63, 3.8) is 0 Å². The van der Waals surface area contributed by atoms with Crippen LogP contribution < -0.4 is 38.1 Å². The molecular formula is C36H43N9O8. The van der Waals surface area contributed by atoms with Crippen LogP contribution in [0.3, 0.4) is 0 Å². The number of rotatable bonds is 9. The Morgan fingerprint density at radius 3 is 2.38 bits per heavy atom. The topological polar surface area (TPSA) is 268 Å². The van der Waals surface area contributed by atoms with E-state index in [9.17, 15) is 38.7 Å². The number of allylic oxidation sites excluding steroid dienone is 1. The van der Waals surface area contributed by atoms with Crippen molar-refractivity contribution >= 4 is 53.8 Å². The number of guanidine groups is 1. The summed E-state index contributed by atoms with van der Waals surface area (Å²) in [6, 6.07) is 9.74. The quantitative estimate of drug-likeness (QED) is 0.0486. The molecule has 2 heterocycles. The minimum Gasteiger partial charge on any atom is -0.508 e. The van der Waals surface area contributed by atoms with Gasteiger partial charge in [-0.05, 0) is 61.1 Å². The van der Waals surface area contributed by atoms with Crippen LogP contribution in [0.2, 0.25) is 0 Å². The summed E-state index contributed by atoms with van der Waals surface area (Å²) in [5.41, 5.74) is 12.1. The Balaban J connectivity index is 1.74. The van der Waals surface area contributed by atoms with Gasteiger partial charge in [-0.2, -0.15) is 0 Å². The number of carbonyl (C=O) groups is 7. The Labute approximate surface area is 305 Å². The van der Waals surface area contributed by atoms with E-state index >= 15 is 0 Å². The first kappa shape index (κ1) is 39.3. The third kappa shape index (κ3) is 11.8. The number of aromatic hydroxyl groups is 1. The molecule has 17 heteroatoms. The third-order valence-electron chi connectivity index (χ3n) is 8.49. The van der Waals surface area contributed by atoms with Crippen LogP contribution in [0.5, 0.6) is 5.75 Å².